The summed E-state index contributed by atoms with van der Waals surface area (Å²) < 4.78 is 11.9. The number of furan rings is 1. The zero-order chi connectivity index (χ0) is 19.4. The zero-order valence-corrected chi connectivity index (χ0v) is 16.7. The molecule has 2 aromatic heterocycles. The molecular formula is C18H11BrClNO5S. The lowest BCUT2D eigenvalue weighted by molar-refractivity contribution is -0.385. The van der Waals surface area contributed by atoms with E-state index in [1.807, 2.05) is 5.38 Å². The largest absolute Gasteiger partial charge is 0.479 e. The van der Waals surface area contributed by atoms with Crippen LogP contribution in [-0.2, 0) is 6.61 Å². The summed E-state index contributed by atoms with van der Waals surface area (Å²) in [5.41, 5.74) is -0.220. The van der Waals surface area contributed by atoms with Crippen molar-refractivity contribution in [1.29, 1.82) is 0 Å². The summed E-state index contributed by atoms with van der Waals surface area (Å²) in [7, 11) is 0. The fourth-order valence-corrected chi connectivity index (χ4v) is 3.66. The maximum atomic E-state index is 12.0. The van der Waals surface area contributed by atoms with Gasteiger partial charge in [-0.1, -0.05) is 11.6 Å². The lowest BCUT2D eigenvalue weighted by Crippen LogP contribution is -1.98. The zero-order valence-electron chi connectivity index (χ0n) is 13.6. The third kappa shape index (κ3) is 5.06. The van der Waals surface area contributed by atoms with Crippen LogP contribution in [0.15, 0.2) is 56.7 Å². The van der Waals surface area contributed by atoms with Gasteiger partial charge in [-0.2, -0.15) is 0 Å². The van der Waals surface area contributed by atoms with Gasteiger partial charge in [-0.05, 0) is 58.4 Å². The van der Waals surface area contributed by atoms with Gasteiger partial charge < -0.3 is 9.15 Å². The normalized spacial score (nSPS) is 11.0. The van der Waals surface area contributed by atoms with Crippen LogP contribution in [0.1, 0.15) is 21.2 Å². The Hall–Kier alpha value is -2.42. The number of nitro benzene ring substituents is 1. The highest BCUT2D eigenvalue weighted by Gasteiger charge is 2.16. The number of rotatable bonds is 7. The molecule has 0 saturated carbocycles. The Morgan fingerprint density at radius 1 is 1.33 bits per heavy atom. The molecule has 27 heavy (non-hydrogen) atoms. The van der Waals surface area contributed by atoms with Crippen LogP contribution in [-0.4, -0.2) is 10.7 Å². The number of hydrogen-bond donors (Lipinski definition) is 0. The van der Waals surface area contributed by atoms with Gasteiger partial charge in [0, 0.05) is 20.9 Å². The minimum absolute atomic E-state index is 0.00211. The molecule has 0 amide bonds. The van der Waals surface area contributed by atoms with Gasteiger partial charge in [0.25, 0.3) is 0 Å². The van der Waals surface area contributed by atoms with Crippen LogP contribution >= 0.6 is 38.9 Å². The van der Waals surface area contributed by atoms with E-state index >= 15 is 0 Å². The first-order valence-corrected chi connectivity index (χ1v) is 9.59. The minimum Gasteiger partial charge on any atom is -0.479 e. The first-order valence-electron chi connectivity index (χ1n) is 7.54. The van der Waals surface area contributed by atoms with Crippen molar-refractivity contribution < 1.29 is 18.9 Å². The first-order chi connectivity index (χ1) is 12.9. The lowest BCUT2D eigenvalue weighted by atomic mass is 10.3. The SMILES string of the molecule is O=C(/C=C/c1ccc(COc2ccc(Cl)cc2[N+](=O)[O-])o1)c1cc(Br)cs1. The number of allylic oxidation sites excluding steroid dienone is 1. The van der Waals surface area contributed by atoms with Gasteiger partial charge in [-0.3, -0.25) is 14.9 Å². The fourth-order valence-electron chi connectivity index (χ4n) is 2.15. The van der Waals surface area contributed by atoms with Crippen LogP contribution < -0.4 is 4.74 Å². The molecule has 0 saturated heterocycles. The van der Waals surface area contributed by atoms with E-state index in [0.717, 1.165) is 4.47 Å². The van der Waals surface area contributed by atoms with E-state index in [2.05, 4.69) is 15.9 Å². The van der Waals surface area contributed by atoms with Crippen LogP contribution in [0.3, 0.4) is 0 Å². The van der Waals surface area contributed by atoms with E-state index in [4.69, 9.17) is 20.8 Å². The second kappa shape index (κ2) is 8.51. The summed E-state index contributed by atoms with van der Waals surface area (Å²) in [5.74, 6) is 0.904. The molecule has 0 aliphatic heterocycles. The molecule has 3 aromatic rings. The summed E-state index contributed by atoms with van der Waals surface area (Å²) >= 11 is 10.4. The molecule has 0 bridgehead atoms. The molecule has 3 rings (SSSR count). The molecule has 0 aliphatic rings. The number of hydrogen-bond acceptors (Lipinski definition) is 6. The van der Waals surface area contributed by atoms with Crippen molar-refractivity contribution in [3.05, 3.63) is 83.9 Å². The number of nitro groups is 1. The van der Waals surface area contributed by atoms with Gasteiger partial charge in [0.1, 0.15) is 18.1 Å². The Bertz CT molecular complexity index is 1030. The smallest absolute Gasteiger partial charge is 0.312 e. The van der Waals surface area contributed by atoms with E-state index in [9.17, 15) is 14.9 Å². The Morgan fingerprint density at radius 2 is 2.15 bits per heavy atom. The van der Waals surface area contributed by atoms with Gasteiger partial charge in [0.2, 0.25) is 0 Å². The van der Waals surface area contributed by atoms with Crippen molar-refractivity contribution in [2.75, 3.05) is 0 Å². The predicted octanol–water partition coefficient (Wildman–Crippen LogP) is 6.14. The van der Waals surface area contributed by atoms with Crippen LogP contribution in [0.4, 0.5) is 5.69 Å². The van der Waals surface area contributed by atoms with Crippen molar-refractivity contribution in [3.63, 3.8) is 0 Å². The number of ether oxygens (including phenoxy) is 1. The highest BCUT2D eigenvalue weighted by Crippen LogP contribution is 2.30. The van der Waals surface area contributed by atoms with E-state index in [-0.39, 0.29) is 28.8 Å². The maximum Gasteiger partial charge on any atom is 0.312 e. The second-order valence-electron chi connectivity index (χ2n) is 5.29. The Kier molecular flexibility index (Phi) is 6.10. The van der Waals surface area contributed by atoms with E-state index in [1.165, 1.54) is 35.6 Å². The Balaban J connectivity index is 1.64. The monoisotopic (exact) mass is 467 g/mol. The number of carbonyl (C=O) groups excluding carboxylic acids is 1. The number of nitrogens with zero attached hydrogens (tertiary/aromatic N) is 1. The van der Waals surface area contributed by atoms with Crippen LogP contribution in [0.5, 0.6) is 5.75 Å². The third-order valence-corrected chi connectivity index (χ3v) is 5.32. The van der Waals surface area contributed by atoms with Gasteiger partial charge in [-0.15, -0.1) is 11.3 Å². The molecule has 0 atom stereocenters. The molecule has 0 fully saturated rings. The molecule has 2 heterocycles. The van der Waals surface area contributed by atoms with Gasteiger partial charge >= 0.3 is 5.69 Å². The molecule has 0 unspecified atom stereocenters. The van der Waals surface area contributed by atoms with Crippen molar-refractivity contribution in [2.45, 2.75) is 6.61 Å². The number of ketones is 1. The van der Waals surface area contributed by atoms with Crippen LogP contribution in [0, 0.1) is 10.1 Å². The molecule has 1 aromatic carbocycles. The lowest BCUT2D eigenvalue weighted by Gasteiger charge is -2.05. The summed E-state index contributed by atoms with van der Waals surface area (Å²) in [6, 6.07) is 9.27. The van der Waals surface area contributed by atoms with Crippen molar-refractivity contribution >= 4 is 56.4 Å². The Morgan fingerprint density at radius 3 is 2.85 bits per heavy atom. The Labute approximate surface area is 171 Å². The second-order valence-corrected chi connectivity index (χ2v) is 7.55. The van der Waals surface area contributed by atoms with Gasteiger partial charge in [0.15, 0.2) is 11.5 Å². The maximum absolute atomic E-state index is 12.0. The molecule has 0 radical (unpaired) electrons. The molecule has 0 N–H and O–H groups in total. The highest BCUT2D eigenvalue weighted by atomic mass is 79.9. The van der Waals surface area contributed by atoms with Gasteiger partial charge in [0.05, 0.1) is 9.80 Å². The highest BCUT2D eigenvalue weighted by molar-refractivity contribution is 9.10. The topological polar surface area (TPSA) is 82.6 Å². The average Bonchev–Trinajstić information content (AvgIpc) is 3.27. The van der Waals surface area contributed by atoms with Gasteiger partial charge in [-0.25, -0.2) is 0 Å². The van der Waals surface area contributed by atoms with Crippen LogP contribution in [0.2, 0.25) is 5.02 Å². The quantitative estimate of drug-likeness (QED) is 0.180. The number of benzene rings is 1. The standard InChI is InChI=1S/C18H11BrClNO5S/c19-11-7-18(27-10-11)16(22)5-4-13-2-3-14(26-13)9-25-17-6-1-12(20)8-15(17)21(23)24/h1-8,10H,9H2/b5-4+. The van der Waals surface area contributed by atoms with Crippen molar-refractivity contribution in [3.8, 4) is 5.75 Å². The molecular weight excluding hydrogens is 458 g/mol. The summed E-state index contributed by atoms with van der Waals surface area (Å²) in [5, 5.41) is 13.1. The summed E-state index contributed by atoms with van der Waals surface area (Å²) in [6.07, 6.45) is 2.98. The van der Waals surface area contributed by atoms with E-state index in [0.29, 0.717) is 16.4 Å². The number of halogens is 2. The molecule has 9 heteroatoms. The van der Waals surface area contributed by atoms with Crippen molar-refractivity contribution in [1.82, 2.24) is 0 Å². The minimum atomic E-state index is -0.563. The average molecular weight is 469 g/mol. The molecule has 6 nitrogen and oxygen atoms in total. The third-order valence-electron chi connectivity index (χ3n) is 3.38. The number of carbonyl (C=O) groups is 1. The molecule has 138 valence electrons. The van der Waals surface area contributed by atoms with E-state index < -0.39 is 4.92 Å². The first kappa shape index (κ1) is 19.3. The summed E-state index contributed by atoms with van der Waals surface area (Å²) in [6.45, 7) is 0.00211. The molecule has 0 aliphatic carbocycles. The van der Waals surface area contributed by atoms with Crippen molar-refractivity contribution in [2.24, 2.45) is 0 Å². The fraction of sp³-hybridized carbons (Fsp3) is 0.0556. The van der Waals surface area contributed by atoms with Crippen LogP contribution in [0.25, 0.3) is 6.08 Å². The summed E-state index contributed by atoms with van der Waals surface area (Å²) in [4.78, 5) is 23.1. The predicted molar refractivity (Wildman–Crippen MR) is 107 cm³/mol. The van der Waals surface area contributed by atoms with E-state index in [1.54, 1.807) is 24.3 Å². The number of thiophene rings is 1. The molecule has 0 spiro atoms.